The number of nitrogens with zero attached hydrogens (tertiary/aromatic N) is 2. The molecule has 0 bridgehead atoms. The molecule has 1 aromatic heterocycles. The highest BCUT2D eigenvalue weighted by Crippen LogP contribution is 2.23. The number of nitro benzene ring substituents is 1. The summed E-state index contributed by atoms with van der Waals surface area (Å²) in [6, 6.07) is 4.23. The third kappa shape index (κ3) is 3.59. The number of amides is 1. The average molecular weight is 342 g/mol. The van der Waals surface area contributed by atoms with Gasteiger partial charge < -0.3 is 11.1 Å². The van der Waals surface area contributed by atoms with E-state index in [2.05, 4.69) is 15.5 Å². The number of nitrogens with two attached hydrogens (primary N) is 1. The topological polar surface area (TPSA) is 127 Å². The van der Waals surface area contributed by atoms with Crippen LogP contribution in [0.4, 0.5) is 5.69 Å². The number of benzene rings is 1. The molecule has 1 atom stereocenters. The van der Waals surface area contributed by atoms with E-state index >= 15 is 0 Å². The first kappa shape index (κ1) is 18.9. The fraction of sp³-hybridized carbons (Fsp3) is 0.429. The summed E-state index contributed by atoms with van der Waals surface area (Å²) >= 11 is 0. The maximum Gasteiger partial charge on any atom is 0.272 e. The number of H-pyrrole nitrogens is 1. The zero-order valence-corrected chi connectivity index (χ0v) is 13.9. The number of hydrogen-bond donors (Lipinski definition) is 3. The molecule has 1 unspecified atom stereocenters. The molecule has 0 radical (unpaired) electrons. The zero-order chi connectivity index (χ0) is 16.5. The Labute approximate surface area is 139 Å². The molecule has 1 aromatic carbocycles. The van der Waals surface area contributed by atoms with Crippen LogP contribution in [0.25, 0.3) is 10.9 Å². The third-order valence-electron chi connectivity index (χ3n) is 4.07. The second-order valence-corrected chi connectivity index (χ2v) is 5.79. The number of fused-ring (bicyclic) bond motifs is 1. The predicted octanol–water partition coefficient (Wildman–Crippen LogP) is 2.00. The molecule has 2 aromatic rings. The lowest BCUT2D eigenvalue weighted by atomic mass is 9.88. The zero-order valence-electron chi connectivity index (χ0n) is 13.1. The minimum absolute atomic E-state index is 0. The number of non-ortho nitro benzene ring substituents is 1. The summed E-state index contributed by atoms with van der Waals surface area (Å²) in [5.74, 6) is -0.283. The van der Waals surface area contributed by atoms with Gasteiger partial charge in [-0.25, -0.2) is 0 Å². The predicted molar refractivity (Wildman–Crippen MR) is 89.8 cm³/mol. The second kappa shape index (κ2) is 6.93. The Kier molecular flexibility index (Phi) is 5.68. The molecule has 0 spiro atoms. The van der Waals surface area contributed by atoms with Crippen LogP contribution >= 0.6 is 12.4 Å². The first-order valence-corrected chi connectivity index (χ1v) is 6.93. The summed E-state index contributed by atoms with van der Waals surface area (Å²) in [5.41, 5.74) is 5.77. The smallest absolute Gasteiger partial charge is 0.272 e. The van der Waals surface area contributed by atoms with Crippen LogP contribution in [0.1, 0.15) is 31.3 Å². The number of nitro groups is 1. The fourth-order valence-corrected chi connectivity index (χ4v) is 2.04. The van der Waals surface area contributed by atoms with Crippen LogP contribution in [-0.4, -0.2) is 33.1 Å². The number of carbonyl (C=O) groups is 1. The highest BCUT2D eigenvalue weighted by Gasteiger charge is 2.30. The molecule has 1 heterocycles. The van der Waals surface area contributed by atoms with E-state index in [1.807, 2.05) is 20.8 Å². The van der Waals surface area contributed by atoms with Crippen LogP contribution in [0.15, 0.2) is 18.2 Å². The van der Waals surface area contributed by atoms with Crippen molar-refractivity contribution in [2.75, 3.05) is 6.54 Å². The molecule has 0 aliphatic heterocycles. The molecule has 0 aliphatic carbocycles. The van der Waals surface area contributed by atoms with Crippen molar-refractivity contribution in [2.24, 2.45) is 11.7 Å². The second-order valence-electron chi connectivity index (χ2n) is 5.79. The van der Waals surface area contributed by atoms with Gasteiger partial charge in [0, 0.05) is 24.1 Å². The summed E-state index contributed by atoms with van der Waals surface area (Å²) in [5, 5.41) is 20.8. The Bertz CT molecular complexity index is 730. The van der Waals surface area contributed by atoms with Crippen molar-refractivity contribution < 1.29 is 9.72 Å². The number of carbonyl (C=O) groups excluding carboxylic acids is 1. The maximum absolute atomic E-state index is 12.5. The summed E-state index contributed by atoms with van der Waals surface area (Å²) in [6.45, 7) is 6.05. The van der Waals surface area contributed by atoms with E-state index in [1.165, 1.54) is 18.2 Å². The molecule has 4 N–H and O–H groups in total. The Morgan fingerprint density at radius 2 is 2.17 bits per heavy atom. The average Bonchev–Trinajstić information content (AvgIpc) is 2.89. The molecule has 8 nitrogen and oxygen atoms in total. The molecule has 23 heavy (non-hydrogen) atoms. The third-order valence-corrected chi connectivity index (χ3v) is 4.07. The Balaban J connectivity index is 0.00000264. The van der Waals surface area contributed by atoms with E-state index in [0.717, 1.165) is 0 Å². The van der Waals surface area contributed by atoms with E-state index in [1.54, 1.807) is 0 Å². The maximum atomic E-state index is 12.5. The van der Waals surface area contributed by atoms with E-state index < -0.39 is 16.4 Å². The first-order valence-electron chi connectivity index (χ1n) is 6.93. The van der Waals surface area contributed by atoms with Gasteiger partial charge in [0.05, 0.1) is 16.0 Å². The molecule has 2 rings (SSSR count). The van der Waals surface area contributed by atoms with Gasteiger partial charge in [0.1, 0.15) is 0 Å². The van der Waals surface area contributed by atoms with Crippen molar-refractivity contribution in [2.45, 2.75) is 26.3 Å². The highest BCUT2D eigenvalue weighted by atomic mass is 35.5. The largest absolute Gasteiger partial charge is 0.344 e. The van der Waals surface area contributed by atoms with Crippen molar-refractivity contribution in [3.05, 3.63) is 34.0 Å². The van der Waals surface area contributed by atoms with Crippen LogP contribution in [0.5, 0.6) is 0 Å². The lowest BCUT2D eigenvalue weighted by Gasteiger charge is -2.33. The van der Waals surface area contributed by atoms with Crippen LogP contribution in [-0.2, 0) is 0 Å². The van der Waals surface area contributed by atoms with E-state index in [0.29, 0.717) is 10.9 Å². The number of nitrogens with one attached hydrogen (secondary N) is 2. The number of aromatic amines is 1. The van der Waals surface area contributed by atoms with Crippen LogP contribution in [0, 0.1) is 16.0 Å². The van der Waals surface area contributed by atoms with Gasteiger partial charge in [-0.3, -0.25) is 20.0 Å². The number of rotatable bonds is 5. The number of aromatic nitrogens is 2. The van der Waals surface area contributed by atoms with Crippen molar-refractivity contribution in [1.82, 2.24) is 15.5 Å². The summed E-state index contributed by atoms with van der Waals surface area (Å²) < 4.78 is 0. The summed E-state index contributed by atoms with van der Waals surface area (Å²) in [4.78, 5) is 22.8. The van der Waals surface area contributed by atoms with Gasteiger partial charge in [0.15, 0.2) is 5.69 Å². The van der Waals surface area contributed by atoms with Crippen molar-refractivity contribution in [3.63, 3.8) is 0 Å². The minimum atomic E-state index is -0.580. The van der Waals surface area contributed by atoms with Gasteiger partial charge in [-0.15, -0.1) is 12.4 Å². The molecule has 0 fully saturated rings. The lowest BCUT2D eigenvalue weighted by molar-refractivity contribution is -0.384. The Hall–Kier alpha value is -2.19. The normalized spacial score (nSPS) is 13.4. The van der Waals surface area contributed by atoms with Gasteiger partial charge in [-0.1, -0.05) is 13.8 Å². The Morgan fingerprint density at radius 1 is 1.52 bits per heavy atom. The monoisotopic (exact) mass is 341 g/mol. The van der Waals surface area contributed by atoms with Gasteiger partial charge in [0.25, 0.3) is 11.6 Å². The fourth-order valence-electron chi connectivity index (χ4n) is 2.04. The molecule has 0 aliphatic rings. The van der Waals surface area contributed by atoms with Crippen molar-refractivity contribution in [1.29, 1.82) is 0 Å². The van der Waals surface area contributed by atoms with Crippen LogP contribution in [0.2, 0.25) is 0 Å². The molecular formula is C14H20ClN5O3. The molecule has 9 heteroatoms. The van der Waals surface area contributed by atoms with Crippen LogP contribution in [0.3, 0.4) is 0 Å². The van der Waals surface area contributed by atoms with Crippen LogP contribution < -0.4 is 11.1 Å². The molecule has 0 saturated heterocycles. The molecule has 1 amide bonds. The molecule has 0 saturated carbocycles. The minimum Gasteiger partial charge on any atom is -0.344 e. The number of halogens is 1. The highest BCUT2D eigenvalue weighted by molar-refractivity contribution is 6.05. The lowest BCUT2D eigenvalue weighted by Crippen LogP contribution is -2.55. The van der Waals surface area contributed by atoms with Gasteiger partial charge in [-0.2, -0.15) is 5.10 Å². The molecular weight excluding hydrogens is 322 g/mol. The quantitative estimate of drug-likeness (QED) is 0.566. The van der Waals surface area contributed by atoms with E-state index in [4.69, 9.17) is 5.73 Å². The number of hydrogen-bond acceptors (Lipinski definition) is 5. The van der Waals surface area contributed by atoms with E-state index in [-0.39, 0.29) is 36.3 Å². The van der Waals surface area contributed by atoms with Gasteiger partial charge in [0.2, 0.25) is 0 Å². The summed E-state index contributed by atoms with van der Waals surface area (Å²) in [7, 11) is 0. The summed E-state index contributed by atoms with van der Waals surface area (Å²) in [6.07, 6.45) is 0. The van der Waals surface area contributed by atoms with Crippen molar-refractivity contribution in [3.8, 4) is 0 Å². The first-order chi connectivity index (χ1) is 10.3. The molecule has 126 valence electrons. The Morgan fingerprint density at radius 3 is 2.70 bits per heavy atom. The van der Waals surface area contributed by atoms with Crippen molar-refractivity contribution >= 4 is 34.9 Å². The van der Waals surface area contributed by atoms with Gasteiger partial charge in [-0.05, 0) is 18.9 Å². The van der Waals surface area contributed by atoms with Gasteiger partial charge >= 0.3 is 0 Å². The standard InChI is InChI=1S/C14H19N5O3.ClH/c1-8(2)14(3,7-15)16-13(20)12-10-6-9(19(21)22)4-5-11(10)17-18-12;/h4-6,8H,7,15H2,1-3H3,(H,16,20)(H,17,18);1H. The van der Waals surface area contributed by atoms with E-state index in [9.17, 15) is 14.9 Å². The SMILES string of the molecule is CC(C)C(C)(CN)NC(=O)c1n[nH]c2ccc([N+](=O)[O-])cc12.Cl.